The third-order valence-corrected chi connectivity index (χ3v) is 4.06. The van der Waals surface area contributed by atoms with Gasteiger partial charge in [0.05, 0.1) is 19.7 Å². The lowest BCUT2D eigenvalue weighted by Gasteiger charge is -2.38. The van der Waals surface area contributed by atoms with E-state index in [1.54, 1.807) is 51.1 Å². The van der Waals surface area contributed by atoms with Gasteiger partial charge in [-0.05, 0) is 32.9 Å². The highest BCUT2D eigenvalue weighted by atomic mass is 16.6. The van der Waals surface area contributed by atoms with E-state index in [0.717, 1.165) is 4.90 Å². The number of hydrogen-bond acceptors (Lipinski definition) is 7. The first kappa shape index (κ1) is 23.1. The Labute approximate surface area is 175 Å². The fraction of sp³-hybridized carbons (Fsp3) is 0.429. The van der Waals surface area contributed by atoms with E-state index >= 15 is 0 Å². The number of nitrogens with one attached hydrogen (secondary N) is 1. The van der Waals surface area contributed by atoms with Crippen LogP contribution in [-0.2, 0) is 23.8 Å². The predicted molar refractivity (Wildman–Crippen MR) is 107 cm³/mol. The highest BCUT2D eigenvalue weighted by Gasteiger charge is 2.55. The van der Waals surface area contributed by atoms with Gasteiger partial charge in [-0.15, -0.1) is 0 Å². The molecule has 3 amide bonds. The Morgan fingerprint density at radius 3 is 2.53 bits per heavy atom. The van der Waals surface area contributed by atoms with Gasteiger partial charge >= 0.3 is 12.1 Å². The predicted octanol–water partition coefficient (Wildman–Crippen LogP) is 1.68. The van der Waals surface area contributed by atoms with Crippen molar-refractivity contribution in [3.05, 3.63) is 48.6 Å². The van der Waals surface area contributed by atoms with Gasteiger partial charge in [0, 0.05) is 5.56 Å². The minimum Gasteiger partial charge on any atom is -0.459 e. The van der Waals surface area contributed by atoms with E-state index in [-0.39, 0.29) is 25.3 Å². The molecule has 0 aromatic heterocycles. The first-order chi connectivity index (χ1) is 14.1. The standard InChI is InChI=1S/C21H26N2O7/c1-5-12-28-18(26)21(14-22-19(27)30-20(2,3)4)17(25)23(11-13-29-21)16(24)15-9-7-6-8-10-15/h5-10H,1,11-14H2,2-4H3,(H,22,27). The van der Waals surface area contributed by atoms with Crippen molar-refractivity contribution in [3.63, 3.8) is 0 Å². The van der Waals surface area contributed by atoms with Crippen molar-refractivity contribution in [3.8, 4) is 0 Å². The number of esters is 1. The summed E-state index contributed by atoms with van der Waals surface area (Å²) in [4.78, 5) is 51.8. The zero-order valence-corrected chi connectivity index (χ0v) is 17.3. The lowest BCUT2D eigenvalue weighted by molar-refractivity contribution is -0.188. The summed E-state index contributed by atoms with van der Waals surface area (Å²) in [6, 6.07) is 8.17. The van der Waals surface area contributed by atoms with Crippen molar-refractivity contribution in [1.29, 1.82) is 0 Å². The molecule has 9 heteroatoms. The summed E-state index contributed by atoms with van der Waals surface area (Å²) < 4.78 is 15.7. The molecule has 0 spiro atoms. The normalized spacial score (nSPS) is 19.0. The maximum atomic E-state index is 13.2. The van der Waals surface area contributed by atoms with Crippen LogP contribution in [0, 0.1) is 0 Å². The molecule has 1 atom stereocenters. The van der Waals surface area contributed by atoms with E-state index in [4.69, 9.17) is 14.2 Å². The van der Waals surface area contributed by atoms with Crippen LogP contribution in [0.25, 0.3) is 0 Å². The first-order valence-corrected chi connectivity index (χ1v) is 9.41. The molecule has 1 aromatic carbocycles. The molecule has 1 aliphatic rings. The van der Waals surface area contributed by atoms with Crippen molar-refractivity contribution in [2.45, 2.75) is 32.0 Å². The molecular formula is C21H26N2O7. The average Bonchev–Trinajstić information content (AvgIpc) is 2.70. The molecule has 0 bridgehead atoms. The molecule has 1 heterocycles. The number of carbonyl (C=O) groups excluding carboxylic acids is 4. The Balaban J connectivity index is 2.29. The number of morpholine rings is 1. The summed E-state index contributed by atoms with van der Waals surface area (Å²) in [5.41, 5.74) is -2.73. The zero-order chi connectivity index (χ0) is 22.4. The van der Waals surface area contributed by atoms with Gasteiger partial charge in [0.15, 0.2) is 0 Å². The van der Waals surface area contributed by atoms with E-state index in [2.05, 4.69) is 11.9 Å². The number of imide groups is 1. The summed E-state index contributed by atoms with van der Waals surface area (Å²) in [6.45, 7) is 7.58. The molecule has 0 radical (unpaired) electrons. The largest absolute Gasteiger partial charge is 0.459 e. The van der Waals surface area contributed by atoms with E-state index in [9.17, 15) is 19.2 Å². The minimum absolute atomic E-state index is 0.0461. The molecule has 9 nitrogen and oxygen atoms in total. The Morgan fingerprint density at radius 1 is 1.27 bits per heavy atom. The highest BCUT2D eigenvalue weighted by Crippen LogP contribution is 2.23. The van der Waals surface area contributed by atoms with Gasteiger partial charge in [-0.3, -0.25) is 14.5 Å². The monoisotopic (exact) mass is 418 g/mol. The number of benzene rings is 1. The molecule has 1 fully saturated rings. The number of nitrogens with zero attached hydrogens (tertiary/aromatic N) is 1. The Bertz CT molecular complexity index is 816. The van der Waals surface area contributed by atoms with Gasteiger partial charge in [-0.2, -0.15) is 0 Å². The maximum absolute atomic E-state index is 13.2. The second-order valence-corrected chi connectivity index (χ2v) is 7.55. The number of ether oxygens (including phenoxy) is 3. The zero-order valence-electron chi connectivity index (χ0n) is 17.3. The maximum Gasteiger partial charge on any atom is 0.407 e. The van der Waals surface area contributed by atoms with Crippen LogP contribution < -0.4 is 5.32 Å². The Hall–Kier alpha value is -3.20. The summed E-state index contributed by atoms with van der Waals surface area (Å²) in [5, 5.41) is 2.37. The number of rotatable bonds is 6. The van der Waals surface area contributed by atoms with Crippen LogP contribution in [0.2, 0.25) is 0 Å². The van der Waals surface area contributed by atoms with Crippen molar-refractivity contribution in [1.82, 2.24) is 10.2 Å². The second-order valence-electron chi connectivity index (χ2n) is 7.55. The molecule has 1 aromatic rings. The van der Waals surface area contributed by atoms with Crippen LogP contribution in [0.4, 0.5) is 4.79 Å². The SMILES string of the molecule is C=CCOC(=O)C1(CNC(=O)OC(C)(C)C)OCCN(C(=O)c2ccccc2)C1=O. The smallest absolute Gasteiger partial charge is 0.407 e. The summed E-state index contributed by atoms with van der Waals surface area (Å²) in [6.07, 6.45) is 0.480. The fourth-order valence-corrected chi connectivity index (χ4v) is 2.73. The third-order valence-electron chi connectivity index (χ3n) is 4.06. The van der Waals surface area contributed by atoms with Gasteiger partial charge in [0.2, 0.25) is 0 Å². The van der Waals surface area contributed by atoms with E-state index in [1.807, 2.05) is 0 Å². The fourth-order valence-electron chi connectivity index (χ4n) is 2.73. The van der Waals surface area contributed by atoms with Crippen LogP contribution in [0.15, 0.2) is 43.0 Å². The number of alkyl carbamates (subject to hydrolysis) is 1. The van der Waals surface area contributed by atoms with Crippen LogP contribution >= 0.6 is 0 Å². The second kappa shape index (κ2) is 9.53. The highest BCUT2D eigenvalue weighted by molar-refractivity contribution is 6.15. The molecule has 1 unspecified atom stereocenters. The molecular weight excluding hydrogens is 392 g/mol. The summed E-state index contributed by atoms with van der Waals surface area (Å²) in [7, 11) is 0. The Morgan fingerprint density at radius 2 is 1.93 bits per heavy atom. The van der Waals surface area contributed by atoms with Crippen LogP contribution in [0.3, 0.4) is 0 Å². The lowest BCUT2D eigenvalue weighted by atomic mass is 9.99. The molecule has 1 aliphatic heterocycles. The van der Waals surface area contributed by atoms with Gasteiger partial charge < -0.3 is 19.5 Å². The molecule has 2 rings (SSSR count). The van der Waals surface area contributed by atoms with Crippen LogP contribution in [0.1, 0.15) is 31.1 Å². The number of carbonyl (C=O) groups is 4. The molecule has 0 saturated carbocycles. The van der Waals surface area contributed by atoms with E-state index in [0.29, 0.717) is 0 Å². The van der Waals surface area contributed by atoms with Gasteiger partial charge in [-0.1, -0.05) is 30.9 Å². The minimum atomic E-state index is -2.22. The molecule has 162 valence electrons. The first-order valence-electron chi connectivity index (χ1n) is 9.41. The van der Waals surface area contributed by atoms with Gasteiger partial charge in [0.1, 0.15) is 12.2 Å². The quantitative estimate of drug-likeness (QED) is 0.324. The van der Waals surface area contributed by atoms with Gasteiger partial charge in [0.25, 0.3) is 17.4 Å². The van der Waals surface area contributed by atoms with Gasteiger partial charge in [-0.25, -0.2) is 9.59 Å². The van der Waals surface area contributed by atoms with Crippen LogP contribution in [-0.4, -0.2) is 66.3 Å². The van der Waals surface area contributed by atoms with E-state index in [1.165, 1.54) is 6.08 Å². The summed E-state index contributed by atoms with van der Waals surface area (Å²) in [5.74, 6) is -2.54. The third kappa shape index (κ3) is 5.44. The van der Waals surface area contributed by atoms with Crippen molar-refractivity contribution in [2.24, 2.45) is 0 Å². The molecule has 0 aliphatic carbocycles. The Kier molecular flexibility index (Phi) is 7.33. The van der Waals surface area contributed by atoms with Crippen LogP contribution in [0.5, 0.6) is 0 Å². The van der Waals surface area contributed by atoms with Crippen molar-refractivity contribution < 1.29 is 33.4 Å². The topological polar surface area (TPSA) is 111 Å². The molecule has 1 N–H and O–H groups in total. The number of amides is 3. The van der Waals surface area contributed by atoms with E-state index < -0.39 is 41.6 Å². The molecule has 30 heavy (non-hydrogen) atoms. The summed E-state index contributed by atoms with van der Waals surface area (Å²) >= 11 is 0. The van der Waals surface area contributed by atoms with Crippen molar-refractivity contribution >= 4 is 23.9 Å². The number of hydrogen-bond donors (Lipinski definition) is 1. The lowest BCUT2D eigenvalue weighted by Crippen LogP contribution is -2.66. The molecule has 1 saturated heterocycles. The van der Waals surface area contributed by atoms with Crippen molar-refractivity contribution in [2.75, 3.05) is 26.3 Å². The average molecular weight is 418 g/mol.